The first-order valence-corrected chi connectivity index (χ1v) is 11.0. The number of carbonyl (C=O) groups is 2. The molecule has 0 atom stereocenters. The maximum Gasteiger partial charge on any atom is 0.336 e. The van der Waals surface area contributed by atoms with Gasteiger partial charge in [0.15, 0.2) is 0 Å². The van der Waals surface area contributed by atoms with Gasteiger partial charge in [0.25, 0.3) is 11.6 Å². The van der Waals surface area contributed by atoms with Crippen molar-refractivity contribution >= 4 is 52.2 Å². The first kappa shape index (κ1) is 24.3. The summed E-state index contributed by atoms with van der Waals surface area (Å²) < 4.78 is 5.35. The van der Waals surface area contributed by atoms with Crippen LogP contribution < -0.4 is 10.2 Å². The fraction of sp³-hybridized carbons (Fsp3) is 0. The number of fused-ring (bicyclic) bond motifs is 1. The number of hydrogen-bond acceptors (Lipinski definition) is 6. The number of benzene rings is 4. The van der Waals surface area contributed by atoms with Crippen LogP contribution in [0.15, 0.2) is 96.1 Å². The summed E-state index contributed by atoms with van der Waals surface area (Å²) in [6.07, 6.45) is 3.94. The van der Waals surface area contributed by atoms with E-state index in [0.29, 0.717) is 10.6 Å². The number of nitrogens with zero attached hydrogens (tertiary/aromatic N) is 2. The predicted molar refractivity (Wildman–Crippen MR) is 138 cm³/mol. The quantitative estimate of drug-likeness (QED) is 0.0864. The Hall–Kier alpha value is -4.82. The molecule has 1 N–H and O–H groups in total. The van der Waals surface area contributed by atoms with Crippen molar-refractivity contribution in [2.75, 3.05) is 0 Å². The fourth-order valence-electron chi connectivity index (χ4n) is 3.37. The molecule has 36 heavy (non-hydrogen) atoms. The summed E-state index contributed by atoms with van der Waals surface area (Å²) in [5.74, 6) is -1.12. The normalized spacial score (nSPS) is 11.1. The monoisotopic (exact) mass is 499 g/mol. The second-order valence-corrected chi connectivity index (χ2v) is 7.95. The number of esters is 1. The van der Waals surface area contributed by atoms with Crippen LogP contribution in [0, 0.1) is 10.1 Å². The standard InChI is InChI=1S/C27H18ClN3O5/c28-21-11-8-18(9-12-21)10-15-26(32)36-25-14-13-22(31(34)35)16-20(25)17-29-30-27(33)24-7-3-5-19-4-1-2-6-23(19)24/h1-17H,(H,30,33)/b15-10+,29-17+. The largest absolute Gasteiger partial charge is 0.423 e. The molecule has 4 aromatic rings. The van der Waals surface area contributed by atoms with E-state index in [1.54, 1.807) is 42.5 Å². The predicted octanol–water partition coefficient (Wildman–Crippen LogP) is 5.78. The number of nitrogens with one attached hydrogen (secondary N) is 1. The van der Waals surface area contributed by atoms with Gasteiger partial charge in [0.2, 0.25) is 0 Å². The Morgan fingerprint density at radius 3 is 2.50 bits per heavy atom. The summed E-state index contributed by atoms with van der Waals surface area (Å²) in [5, 5.41) is 17.4. The summed E-state index contributed by atoms with van der Waals surface area (Å²) in [6.45, 7) is 0. The summed E-state index contributed by atoms with van der Waals surface area (Å²) >= 11 is 5.85. The second-order valence-electron chi connectivity index (χ2n) is 7.51. The zero-order valence-corrected chi connectivity index (χ0v) is 19.4. The van der Waals surface area contributed by atoms with Crippen LogP contribution >= 0.6 is 11.6 Å². The van der Waals surface area contributed by atoms with E-state index in [2.05, 4.69) is 10.5 Å². The molecule has 4 rings (SSSR count). The lowest BCUT2D eigenvalue weighted by atomic mass is 10.0. The molecule has 8 nitrogen and oxygen atoms in total. The Morgan fingerprint density at radius 1 is 0.972 bits per heavy atom. The van der Waals surface area contributed by atoms with E-state index >= 15 is 0 Å². The van der Waals surface area contributed by atoms with E-state index in [1.165, 1.54) is 30.5 Å². The molecule has 0 unspecified atom stereocenters. The Bertz CT molecular complexity index is 1510. The van der Waals surface area contributed by atoms with Crippen LogP contribution in [0.3, 0.4) is 0 Å². The highest BCUT2D eigenvalue weighted by molar-refractivity contribution is 6.30. The third-order valence-corrected chi connectivity index (χ3v) is 5.35. The van der Waals surface area contributed by atoms with Crippen molar-refractivity contribution in [1.82, 2.24) is 5.43 Å². The van der Waals surface area contributed by atoms with E-state index in [-0.39, 0.29) is 17.0 Å². The summed E-state index contributed by atoms with van der Waals surface area (Å²) in [6, 6.07) is 23.3. The number of ether oxygens (including phenoxy) is 1. The highest BCUT2D eigenvalue weighted by Crippen LogP contribution is 2.23. The average molecular weight is 500 g/mol. The van der Waals surface area contributed by atoms with Gasteiger partial charge in [0.1, 0.15) is 5.75 Å². The van der Waals surface area contributed by atoms with Gasteiger partial charge in [0, 0.05) is 34.4 Å². The molecule has 0 saturated heterocycles. The topological polar surface area (TPSA) is 111 Å². The van der Waals surface area contributed by atoms with Crippen LogP contribution in [0.5, 0.6) is 5.75 Å². The molecule has 0 aromatic heterocycles. The number of hydrogen-bond donors (Lipinski definition) is 1. The van der Waals surface area contributed by atoms with Gasteiger partial charge < -0.3 is 4.74 Å². The van der Waals surface area contributed by atoms with Crippen LogP contribution in [0.25, 0.3) is 16.8 Å². The van der Waals surface area contributed by atoms with Gasteiger partial charge in [-0.25, -0.2) is 10.2 Å². The number of hydrazone groups is 1. The molecule has 0 radical (unpaired) electrons. The summed E-state index contributed by atoms with van der Waals surface area (Å²) in [4.78, 5) is 35.7. The van der Waals surface area contributed by atoms with Crippen LogP contribution in [0.1, 0.15) is 21.5 Å². The first-order valence-electron chi connectivity index (χ1n) is 10.7. The molecular weight excluding hydrogens is 482 g/mol. The van der Waals surface area contributed by atoms with Crippen LogP contribution in [-0.4, -0.2) is 23.0 Å². The SMILES string of the molecule is O=C(/C=C/c1ccc(Cl)cc1)Oc1ccc([N+](=O)[O-])cc1/C=N/NC(=O)c1cccc2ccccc12. The molecule has 0 spiro atoms. The number of nitro benzene ring substituents is 1. The molecule has 9 heteroatoms. The number of carbonyl (C=O) groups excluding carboxylic acids is 2. The molecule has 0 bridgehead atoms. The van der Waals surface area contributed by atoms with E-state index in [9.17, 15) is 19.7 Å². The van der Waals surface area contributed by atoms with Crippen molar-refractivity contribution in [1.29, 1.82) is 0 Å². The lowest BCUT2D eigenvalue weighted by molar-refractivity contribution is -0.384. The van der Waals surface area contributed by atoms with Crippen molar-refractivity contribution in [2.24, 2.45) is 5.10 Å². The van der Waals surface area contributed by atoms with Crippen LogP contribution in [0.4, 0.5) is 5.69 Å². The van der Waals surface area contributed by atoms with Crippen molar-refractivity contribution in [2.45, 2.75) is 0 Å². The highest BCUT2D eigenvalue weighted by atomic mass is 35.5. The molecule has 1 amide bonds. The molecule has 0 saturated carbocycles. The number of non-ortho nitro benzene ring substituents is 1. The van der Waals surface area contributed by atoms with Gasteiger partial charge in [-0.2, -0.15) is 5.10 Å². The van der Waals surface area contributed by atoms with Crippen molar-refractivity contribution in [3.8, 4) is 5.75 Å². The van der Waals surface area contributed by atoms with Crippen LogP contribution in [-0.2, 0) is 4.79 Å². The molecule has 0 heterocycles. The third kappa shape index (κ3) is 5.99. The Balaban J connectivity index is 1.52. The molecule has 0 aliphatic rings. The average Bonchev–Trinajstić information content (AvgIpc) is 2.88. The van der Waals surface area contributed by atoms with E-state index in [0.717, 1.165) is 16.3 Å². The zero-order valence-electron chi connectivity index (χ0n) is 18.6. The number of nitro groups is 1. The minimum absolute atomic E-state index is 0.0366. The highest BCUT2D eigenvalue weighted by Gasteiger charge is 2.13. The van der Waals surface area contributed by atoms with E-state index in [1.807, 2.05) is 30.3 Å². The molecule has 0 fully saturated rings. The van der Waals surface area contributed by atoms with Crippen molar-refractivity contribution < 1.29 is 19.2 Å². The van der Waals surface area contributed by atoms with Gasteiger partial charge in [0.05, 0.1) is 11.1 Å². The van der Waals surface area contributed by atoms with E-state index < -0.39 is 16.8 Å². The van der Waals surface area contributed by atoms with Crippen LogP contribution in [0.2, 0.25) is 5.02 Å². The zero-order chi connectivity index (χ0) is 25.5. The maximum atomic E-state index is 12.7. The van der Waals surface area contributed by atoms with E-state index in [4.69, 9.17) is 16.3 Å². The number of halogens is 1. The Labute approximate surface area is 210 Å². The summed E-state index contributed by atoms with van der Waals surface area (Å²) in [5.41, 5.74) is 3.48. The van der Waals surface area contributed by atoms with Gasteiger partial charge in [-0.15, -0.1) is 0 Å². The Morgan fingerprint density at radius 2 is 1.72 bits per heavy atom. The van der Waals surface area contributed by atoms with Gasteiger partial charge in [-0.3, -0.25) is 14.9 Å². The summed E-state index contributed by atoms with van der Waals surface area (Å²) in [7, 11) is 0. The second kappa shape index (κ2) is 11.1. The molecule has 0 aliphatic heterocycles. The lowest BCUT2D eigenvalue weighted by Gasteiger charge is -2.07. The van der Waals surface area contributed by atoms with Crippen molar-refractivity contribution in [3.63, 3.8) is 0 Å². The maximum absolute atomic E-state index is 12.7. The smallest absolute Gasteiger partial charge is 0.336 e. The molecule has 4 aromatic carbocycles. The lowest BCUT2D eigenvalue weighted by Crippen LogP contribution is -2.18. The minimum Gasteiger partial charge on any atom is -0.423 e. The number of amides is 1. The fourth-order valence-corrected chi connectivity index (χ4v) is 3.49. The minimum atomic E-state index is -0.701. The van der Waals surface area contributed by atoms with Gasteiger partial charge in [-0.1, -0.05) is 60.1 Å². The molecule has 178 valence electrons. The van der Waals surface area contributed by atoms with Gasteiger partial charge in [-0.05, 0) is 46.7 Å². The third-order valence-electron chi connectivity index (χ3n) is 5.10. The number of rotatable bonds is 7. The first-order chi connectivity index (χ1) is 17.4. The molecular formula is C27H18ClN3O5. The van der Waals surface area contributed by atoms with Gasteiger partial charge >= 0.3 is 5.97 Å². The van der Waals surface area contributed by atoms with Crippen molar-refractivity contribution in [3.05, 3.63) is 123 Å². The Kier molecular flexibility index (Phi) is 7.48. The molecule has 0 aliphatic carbocycles.